The SMILES string of the molecule is OC1CCCN(C2CCOC3(CCSC3)C2)C1. The summed E-state index contributed by atoms with van der Waals surface area (Å²) < 4.78 is 6.06. The highest BCUT2D eigenvalue weighted by Crippen LogP contribution is 2.39. The van der Waals surface area contributed by atoms with Gasteiger partial charge in [0.1, 0.15) is 0 Å². The van der Waals surface area contributed by atoms with Crippen molar-refractivity contribution in [1.29, 1.82) is 0 Å². The van der Waals surface area contributed by atoms with Gasteiger partial charge in [0, 0.05) is 24.9 Å². The van der Waals surface area contributed by atoms with Crippen molar-refractivity contribution in [2.24, 2.45) is 0 Å². The summed E-state index contributed by atoms with van der Waals surface area (Å²) in [5.41, 5.74) is 0.177. The van der Waals surface area contributed by atoms with Gasteiger partial charge in [-0.2, -0.15) is 11.8 Å². The summed E-state index contributed by atoms with van der Waals surface area (Å²) in [5.74, 6) is 2.44. The first-order chi connectivity index (χ1) is 8.27. The van der Waals surface area contributed by atoms with Gasteiger partial charge < -0.3 is 9.84 Å². The molecule has 1 spiro atoms. The summed E-state index contributed by atoms with van der Waals surface area (Å²) >= 11 is 2.04. The second-order valence-corrected chi connectivity index (χ2v) is 6.88. The molecule has 3 atom stereocenters. The summed E-state index contributed by atoms with van der Waals surface area (Å²) in [6.45, 7) is 2.97. The van der Waals surface area contributed by atoms with Gasteiger partial charge in [-0.15, -0.1) is 0 Å². The molecule has 3 rings (SSSR count). The fourth-order valence-electron chi connectivity index (χ4n) is 3.49. The lowest BCUT2D eigenvalue weighted by Crippen LogP contribution is -2.52. The zero-order chi connectivity index (χ0) is 11.7. The average molecular weight is 257 g/mol. The number of aliphatic hydroxyl groups excluding tert-OH is 1. The van der Waals surface area contributed by atoms with E-state index in [9.17, 15) is 5.11 Å². The van der Waals surface area contributed by atoms with E-state index < -0.39 is 0 Å². The molecule has 0 aromatic heterocycles. The van der Waals surface area contributed by atoms with Crippen LogP contribution >= 0.6 is 11.8 Å². The molecule has 3 unspecified atom stereocenters. The minimum absolute atomic E-state index is 0.0968. The molecule has 0 bridgehead atoms. The minimum atomic E-state index is -0.0968. The molecule has 17 heavy (non-hydrogen) atoms. The highest BCUT2D eigenvalue weighted by atomic mass is 32.2. The van der Waals surface area contributed by atoms with Crippen LogP contribution in [-0.4, -0.2) is 59.0 Å². The van der Waals surface area contributed by atoms with Crippen molar-refractivity contribution in [2.45, 2.75) is 49.9 Å². The molecule has 3 fully saturated rings. The molecular formula is C13H23NO2S. The lowest BCUT2D eigenvalue weighted by atomic mass is 9.88. The lowest BCUT2D eigenvalue weighted by molar-refractivity contribution is -0.0975. The third-order valence-corrected chi connectivity index (χ3v) is 5.70. The Hall–Kier alpha value is 0.230. The lowest BCUT2D eigenvalue weighted by Gasteiger charge is -2.44. The van der Waals surface area contributed by atoms with E-state index in [1.54, 1.807) is 0 Å². The van der Waals surface area contributed by atoms with E-state index in [1.807, 2.05) is 11.8 Å². The molecule has 0 aromatic rings. The zero-order valence-corrected chi connectivity index (χ0v) is 11.3. The first-order valence-electron chi connectivity index (χ1n) is 6.91. The maximum absolute atomic E-state index is 9.79. The van der Waals surface area contributed by atoms with Gasteiger partial charge >= 0.3 is 0 Å². The fraction of sp³-hybridized carbons (Fsp3) is 1.00. The van der Waals surface area contributed by atoms with Crippen molar-refractivity contribution in [1.82, 2.24) is 4.90 Å². The highest BCUT2D eigenvalue weighted by Gasteiger charge is 2.42. The smallest absolute Gasteiger partial charge is 0.0795 e. The van der Waals surface area contributed by atoms with Crippen LogP contribution in [0.5, 0.6) is 0 Å². The van der Waals surface area contributed by atoms with Crippen molar-refractivity contribution in [3.8, 4) is 0 Å². The molecule has 3 aliphatic heterocycles. The number of hydrogen-bond donors (Lipinski definition) is 1. The minimum Gasteiger partial charge on any atom is -0.392 e. The van der Waals surface area contributed by atoms with Crippen LogP contribution in [0, 0.1) is 0 Å². The Morgan fingerprint density at radius 1 is 1.35 bits per heavy atom. The zero-order valence-electron chi connectivity index (χ0n) is 10.4. The predicted octanol–water partition coefficient (Wildman–Crippen LogP) is 1.50. The predicted molar refractivity (Wildman–Crippen MR) is 70.5 cm³/mol. The van der Waals surface area contributed by atoms with Gasteiger partial charge in [0.25, 0.3) is 0 Å². The van der Waals surface area contributed by atoms with Crippen LogP contribution in [0.3, 0.4) is 0 Å². The van der Waals surface area contributed by atoms with Gasteiger partial charge in [-0.1, -0.05) is 0 Å². The molecule has 3 nitrogen and oxygen atoms in total. The Morgan fingerprint density at radius 3 is 3.06 bits per heavy atom. The Kier molecular flexibility index (Phi) is 3.67. The molecule has 98 valence electrons. The molecule has 1 N–H and O–H groups in total. The van der Waals surface area contributed by atoms with E-state index >= 15 is 0 Å². The van der Waals surface area contributed by atoms with Crippen molar-refractivity contribution >= 4 is 11.8 Å². The fourth-order valence-corrected chi connectivity index (χ4v) is 4.87. The molecular weight excluding hydrogens is 234 g/mol. The number of β-amino-alcohol motifs (C(OH)–C–C–N with tert-alkyl or cyclic N) is 1. The highest BCUT2D eigenvalue weighted by molar-refractivity contribution is 7.99. The molecule has 0 amide bonds. The van der Waals surface area contributed by atoms with Crippen LogP contribution in [0.25, 0.3) is 0 Å². The van der Waals surface area contributed by atoms with Gasteiger partial charge in [0.15, 0.2) is 0 Å². The van der Waals surface area contributed by atoms with Gasteiger partial charge in [-0.05, 0) is 44.4 Å². The molecule has 3 saturated heterocycles. The van der Waals surface area contributed by atoms with Crippen LogP contribution < -0.4 is 0 Å². The number of thioether (sulfide) groups is 1. The molecule has 0 saturated carbocycles. The van der Waals surface area contributed by atoms with Crippen LogP contribution in [-0.2, 0) is 4.74 Å². The Morgan fingerprint density at radius 2 is 2.29 bits per heavy atom. The first kappa shape index (κ1) is 12.3. The number of piperidine rings is 1. The summed E-state index contributed by atoms with van der Waals surface area (Å²) in [7, 11) is 0. The summed E-state index contributed by atoms with van der Waals surface area (Å²) in [6.07, 6.45) is 5.61. The second kappa shape index (κ2) is 5.08. The molecule has 3 heterocycles. The number of ether oxygens (including phenoxy) is 1. The van der Waals surface area contributed by atoms with Crippen LogP contribution in [0.1, 0.15) is 32.1 Å². The Labute approximate surface area is 108 Å². The molecule has 4 heteroatoms. The van der Waals surface area contributed by atoms with Gasteiger partial charge in [-0.3, -0.25) is 4.90 Å². The Bertz CT molecular complexity index is 268. The van der Waals surface area contributed by atoms with Crippen molar-refractivity contribution in [2.75, 3.05) is 31.2 Å². The number of likely N-dealkylation sites (tertiary alicyclic amines) is 1. The van der Waals surface area contributed by atoms with E-state index in [4.69, 9.17) is 4.74 Å². The van der Waals surface area contributed by atoms with Crippen LogP contribution in [0.15, 0.2) is 0 Å². The van der Waals surface area contributed by atoms with E-state index in [2.05, 4.69) is 4.90 Å². The first-order valence-corrected chi connectivity index (χ1v) is 8.07. The molecule has 0 aliphatic carbocycles. The second-order valence-electron chi connectivity index (χ2n) is 5.77. The quantitative estimate of drug-likeness (QED) is 0.771. The third-order valence-electron chi connectivity index (χ3n) is 4.48. The van der Waals surface area contributed by atoms with E-state index in [0.29, 0.717) is 6.04 Å². The van der Waals surface area contributed by atoms with Gasteiger partial charge in [0.2, 0.25) is 0 Å². The van der Waals surface area contributed by atoms with E-state index in [0.717, 1.165) is 32.4 Å². The monoisotopic (exact) mass is 257 g/mol. The van der Waals surface area contributed by atoms with E-state index in [1.165, 1.54) is 30.9 Å². The van der Waals surface area contributed by atoms with Crippen LogP contribution in [0.2, 0.25) is 0 Å². The maximum atomic E-state index is 9.79. The largest absolute Gasteiger partial charge is 0.392 e. The van der Waals surface area contributed by atoms with Crippen molar-refractivity contribution in [3.63, 3.8) is 0 Å². The number of nitrogens with zero attached hydrogens (tertiary/aromatic N) is 1. The summed E-state index contributed by atoms with van der Waals surface area (Å²) in [4.78, 5) is 2.52. The van der Waals surface area contributed by atoms with Gasteiger partial charge in [-0.25, -0.2) is 0 Å². The summed E-state index contributed by atoms with van der Waals surface area (Å²) in [5, 5.41) is 9.79. The van der Waals surface area contributed by atoms with E-state index in [-0.39, 0.29) is 11.7 Å². The topological polar surface area (TPSA) is 32.7 Å². The van der Waals surface area contributed by atoms with Crippen molar-refractivity contribution in [3.05, 3.63) is 0 Å². The standard InChI is InChI=1S/C13H23NO2S/c15-12-2-1-5-14(9-12)11-3-6-16-13(8-11)4-7-17-10-13/h11-12,15H,1-10H2. The molecule has 0 aromatic carbocycles. The molecule has 0 radical (unpaired) electrons. The van der Waals surface area contributed by atoms with Crippen molar-refractivity contribution < 1.29 is 9.84 Å². The third kappa shape index (κ3) is 2.65. The Balaban J connectivity index is 1.62. The summed E-state index contributed by atoms with van der Waals surface area (Å²) in [6, 6.07) is 0.650. The number of hydrogen-bond acceptors (Lipinski definition) is 4. The molecule has 3 aliphatic rings. The maximum Gasteiger partial charge on any atom is 0.0795 e. The number of rotatable bonds is 1. The van der Waals surface area contributed by atoms with Gasteiger partial charge in [0.05, 0.1) is 11.7 Å². The number of aliphatic hydroxyl groups is 1. The van der Waals surface area contributed by atoms with Crippen LogP contribution in [0.4, 0.5) is 0 Å². The average Bonchev–Trinajstić information content (AvgIpc) is 2.77. The normalized spacial score (nSPS) is 44.3.